The van der Waals surface area contributed by atoms with Crippen molar-refractivity contribution in [2.75, 3.05) is 6.54 Å². The topological polar surface area (TPSA) is 21.3 Å². The Balaban J connectivity index is 4.53. The Hall–Kier alpha value is 0.311. The van der Waals surface area contributed by atoms with Gasteiger partial charge in [0.1, 0.15) is 0 Å². The normalized spacial score (nSPS) is 16.9. The lowest BCUT2D eigenvalue weighted by Crippen LogP contribution is -2.58. The number of hydrogen-bond donors (Lipinski definition) is 1. The minimum atomic E-state index is -1.97. The van der Waals surface area contributed by atoms with Gasteiger partial charge in [-0.05, 0) is 37.6 Å². The van der Waals surface area contributed by atoms with Gasteiger partial charge >= 0.3 is 0 Å². The van der Waals surface area contributed by atoms with Gasteiger partial charge in [0.2, 0.25) is 0 Å². The molecule has 0 radical (unpaired) electrons. The monoisotopic (exact) mass is 331 g/mol. The number of nitrogens with one attached hydrogen (secondary N) is 1. The molecule has 2 nitrogen and oxygen atoms in total. The van der Waals surface area contributed by atoms with Crippen LogP contribution in [0, 0.1) is 0 Å². The van der Waals surface area contributed by atoms with Crippen LogP contribution in [0.15, 0.2) is 12.3 Å². The predicted octanol–water partition coefficient (Wildman–Crippen LogP) is 5.12. The van der Waals surface area contributed by atoms with Crippen LogP contribution in [0.25, 0.3) is 0 Å². The molecular weight excluding hydrogens is 294 g/mol. The van der Waals surface area contributed by atoms with E-state index in [1.54, 1.807) is 0 Å². The summed E-state index contributed by atoms with van der Waals surface area (Å²) in [4.78, 5) is 3.70. The SMILES string of the molecule is C=C[Si](C)(NCCC[Si](C)(C)C)O[Si](C)(C)C(C)(C)C. The molecule has 0 aliphatic rings. The molecule has 0 amide bonds. The van der Waals surface area contributed by atoms with Crippen LogP contribution in [0.1, 0.15) is 27.2 Å². The van der Waals surface area contributed by atoms with Crippen molar-refractivity contribution in [1.82, 2.24) is 4.98 Å². The molecule has 0 spiro atoms. The molecule has 0 aliphatic carbocycles. The van der Waals surface area contributed by atoms with Gasteiger partial charge in [0.05, 0.1) is 0 Å². The molecule has 0 aromatic heterocycles. The highest BCUT2D eigenvalue weighted by molar-refractivity contribution is 6.88. The first kappa shape index (κ1) is 20.3. The van der Waals surface area contributed by atoms with Crippen LogP contribution in [0.3, 0.4) is 0 Å². The average molecular weight is 332 g/mol. The van der Waals surface area contributed by atoms with E-state index in [1.807, 2.05) is 0 Å². The van der Waals surface area contributed by atoms with Crippen molar-refractivity contribution in [3.8, 4) is 0 Å². The third-order valence-electron chi connectivity index (χ3n) is 4.24. The van der Waals surface area contributed by atoms with Gasteiger partial charge in [0.25, 0.3) is 8.48 Å². The zero-order valence-electron chi connectivity index (χ0n) is 15.3. The molecule has 0 saturated carbocycles. The number of hydrogen-bond acceptors (Lipinski definition) is 2. The maximum Gasteiger partial charge on any atom is 0.280 e. The van der Waals surface area contributed by atoms with Crippen LogP contribution in [-0.4, -0.2) is 31.4 Å². The molecule has 0 heterocycles. The van der Waals surface area contributed by atoms with E-state index in [2.05, 4.69) is 77.3 Å². The van der Waals surface area contributed by atoms with E-state index >= 15 is 0 Å². The molecular formula is C15H37NOSi3. The zero-order valence-corrected chi connectivity index (χ0v) is 18.3. The van der Waals surface area contributed by atoms with Crippen molar-refractivity contribution in [1.29, 1.82) is 0 Å². The summed E-state index contributed by atoms with van der Waals surface area (Å²) in [6, 6.07) is 1.38. The average Bonchev–Trinajstić information content (AvgIpc) is 2.21. The van der Waals surface area contributed by atoms with Crippen molar-refractivity contribution >= 4 is 24.9 Å². The van der Waals surface area contributed by atoms with Crippen molar-refractivity contribution in [3.05, 3.63) is 12.3 Å². The summed E-state index contributed by atoms with van der Waals surface area (Å²) >= 11 is 0. The van der Waals surface area contributed by atoms with Crippen LogP contribution in [0.2, 0.25) is 50.4 Å². The van der Waals surface area contributed by atoms with Crippen LogP contribution in [-0.2, 0) is 4.12 Å². The minimum absolute atomic E-state index is 0.254. The third kappa shape index (κ3) is 7.36. The largest absolute Gasteiger partial charge is 0.441 e. The molecule has 0 bridgehead atoms. The van der Waals surface area contributed by atoms with E-state index in [1.165, 1.54) is 12.5 Å². The molecule has 0 fully saturated rings. The van der Waals surface area contributed by atoms with Crippen molar-refractivity contribution in [3.63, 3.8) is 0 Å². The summed E-state index contributed by atoms with van der Waals surface area (Å²) in [5, 5.41) is 0.254. The van der Waals surface area contributed by atoms with E-state index in [4.69, 9.17) is 4.12 Å². The molecule has 1 unspecified atom stereocenters. The van der Waals surface area contributed by atoms with Crippen LogP contribution in [0.4, 0.5) is 0 Å². The second-order valence-corrected chi connectivity index (χ2v) is 22.7. The quantitative estimate of drug-likeness (QED) is 0.492. The van der Waals surface area contributed by atoms with Crippen molar-refractivity contribution in [2.45, 2.75) is 77.6 Å². The summed E-state index contributed by atoms with van der Waals surface area (Å²) < 4.78 is 6.63. The molecule has 0 aliphatic heterocycles. The first-order chi connectivity index (χ1) is 8.72. The van der Waals surface area contributed by atoms with Gasteiger partial charge in [0, 0.05) is 8.07 Å². The number of rotatable bonds is 8. The first-order valence-corrected chi connectivity index (χ1v) is 16.9. The highest BCUT2D eigenvalue weighted by Gasteiger charge is 2.42. The van der Waals surface area contributed by atoms with Crippen LogP contribution < -0.4 is 4.98 Å². The lowest BCUT2D eigenvalue weighted by Gasteiger charge is -2.42. The second kappa shape index (κ2) is 7.05. The Bertz CT molecular complexity index is 318. The molecule has 120 valence electrons. The van der Waals surface area contributed by atoms with Gasteiger partial charge in [0.15, 0.2) is 8.32 Å². The molecule has 1 atom stereocenters. The molecule has 0 rings (SSSR count). The Labute approximate surface area is 130 Å². The molecule has 5 heteroatoms. The Morgan fingerprint density at radius 1 is 1.05 bits per heavy atom. The fourth-order valence-electron chi connectivity index (χ4n) is 1.79. The van der Waals surface area contributed by atoms with Gasteiger partial charge in [-0.25, -0.2) is 0 Å². The lowest BCUT2D eigenvalue weighted by atomic mass is 10.2. The molecule has 0 aromatic carbocycles. The highest BCUT2D eigenvalue weighted by Crippen LogP contribution is 2.38. The minimum Gasteiger partial charge on any atom is -0.441 e. The fraction of sp³-hybridized carbons (Fsp3) is 0.867. The summed E-state index contributed by atoms with van der Waals surface area (Å²) in [6.45, 7) is 26.2. The van der Waals surface area contributed by atoms with E-state index in [0.29, 0.717) is 0 Å². The van der Waals surface area contributed by atoms with E-state index in [9.17, 15) is 0 Å². The Kier molecular flexibility index (Phi) is 7.16. The van der Waals surface area contributed by atoms with Gasteiger partial charge in [-0.15, -0.1) is 6.58 Å². The molecule has 1 N–H and O–H groups in total. The summed E-state index contributed by atoms with van der Waals surface area (Å²) in [5.41, 5.74) is 2.06. The predicted molar refractivity (Wildman–Crippen MR) is 101 cm³/mol. The smallest absolute Gasteiger partial charge is 0.280 e. The van der Waals surface area contributed by atoms with Gasteiger partial charge in [-0.3, -0.25) is 0 Å². The maximum atomic E-state index is 6.63. The standard InChI is InChI=1S/C15H37NOSi3/c1-11-20(10,16-13-12-14-18(5,6)7)17-19(8,9)15(2,3)4/h11,16H,1,12-14H2,2-10H3. The summed E-state index contributed by atoms with van der Waals surface area (Å²) in [5.74, 6) is 0. The van der Waals surface area contributed by atoms with Gasteiger partial charge < -0.3 is 9.10 Å². The lowest BCUT2D eigenvalue weighted by molar-refractivity contribution is 0.475. The highest BCUT2D eigenvalue weighted by atomic mass is 28.4. The molecule has 0 saturated heterocycles. The van der Waals surface area contributed by atoms with Gasteiger partial charge in [-0.1, -0.05) is 52.2 Å². The first-order valence-electron chi connectivity index (χ1n) is 7.81. The summed E-state index contributed by atoms with van der Waals surface area (Å²) in [6.07, 6.45) is 1.26. The van der Waals surface area contributed by atoms with Crippen LogP contribution in [0.5, 0.6) is 0 Å². The Morgan fingerprint density at radius 2 is 1.55 bits per heavy atom. The van der Waals surface area contributed by atoms with Crippen LogP contribution >= 0.6 is 0 Å². The van der Waals surface area contributed by atoms with E-state index in [-0.39, 0.29) is 5.04 Å². The summed E-state index contributed by atoms with van der Waals surface area (Å²) in [7, 11) is -4.62. The van der Waals surface area contributed by atoms with Crippen molar-refractivity contribution in [2.24, 2.45) is 0 Å². The Morgan fingerprint density at radius 3 is 1.90 bits per heavy atom. The second-order valence-electron chi connectivity index (χ2n) is 8.76. The van der Waals surface area contributed by atoms with E-state index < -0.39 is 24.9 Å². The van der Waals surface area contributed by atoms with Gasteiger partial charge in [-0.2, -0.15) is 0 Å². The molecule has 20 heavy (non-hydrogen) atoms. The zero-order chi connectivity index (χ0) is 16.2. The van der Waals surface area contributed by atoms with Crippen molar-refractivity contribution < 1.29 is 4.12 Å². The van der Waals surface area contributed by atoms with E-state index in [0.717, 1.165) is 6.54 Å². The maximum absolute atomic E-state index is 6.63. The third-order valence-corrected chi connectivity index (χ3v) is 15.2. The fourth-order valence-corrected chi connectivity index (χ4v) is 9.93. The molecule has 0 aromatic rings.